The number of ketones is 1. The normalized spacial score (nSPS) is 43.6. The van der Waals surface area contributed by atoms with E-state index < -0.39 is 0 Å². The van der Waals surface area contributed by atoms with Gasteiger partial charge in [-0.15, -0.1) is 0 Å². The molecule has 4 heteroatoms. The minimum Gasteiger partial charge on any atom is -0.393 e. The second-order valence-electron chi connectivity index (χ2n) is 11.6. The molecule has 170 valence electrons. The van der Waals surface area contributed by atoms with Gasteiger partial charge in [-0.2, -0.15) is 5.10 Å². The van der Waals surface area contributed by atoms with E-state index in [0.717, 1.165) is 61.4 Å². The number of aliphatic hydroxyl groups excluding tert-OH is 1. The highest BCUT2D eigenvalue weighted by atomic mass is 16.3. The van der Waals surface area contributed by atoms with E-state index in [0.29, 0.717) is 29.0 Å². The number of aryl methyl sites for hydroxylation is 2. The molecule has 0 radical (unpaired) electrons. The van der Waals surface area contributed by atoms with Crippen molar-refractivity contribution >= 4 is 11.9 Å². The Morgan fingerprint density at radius 3 is 2.61 bits per heavy atom. The minimum absolute atomic E-state index is 0.0957. The molecule has 5 rings (SSSR count). The molecule has 1 aromatic rings. The van der Waals surface area contributed by atoms with Crippen molar-refractivity contribution in [3.05, 3.63) is 22.5 Å². The first-order chi connectivity index (χ1) is 14.7. The zero-order valence-corrected chi connectivity index (χ0v) is 20.1. The Kier molecular flexibility index (Phi) is 5.04. The highest BCUT2D eigenvalue weighted by Crippen LogP contribution is 2.66. The molecule has 0 aromatic carbocycles. The summed E-state index contributed by atoms with van der Waals surface area (Å²) in [5.74, 6) is 2.93. The molecule has 1 heterocycles. The molecule has 1 N–H and O–H groups in total. The number of fused-ring (bicyclic) bond motifs is 5. The number of aromatic nitrogens is 2. The smallest absolute Gasteiger partial charge is 0.165 e. The summed E-state index contributed by atoms with van der Waals surface area (Å²) in [6, 6.07) is 0. The van der Waals surface area contributed by atoms with E-state index in [4.69, 9.17) is 0 Å². The van der Waals surface area contributed by atoms with Crippen molar-refractivity contribution in [2.75, 3.05) is 0 Å². The van der Waals surface area contributed by atoms with Crippen LogP contribution in [0.5, 0.6) is 0 Å². The minimum atomic E-state index is -0.188. The van der Waals surface area contributed by atoms with Crippen LogP contribution < -0.4 is 0 Å². The van der Waals surface area contributed by atoms with Gasteiger partial charge >= 0.3 is 0 Å². The van der Waals surface area contributed by atoms with Gasteiger partial charge in [0, 0.05) is 23.2 Å². The first-order valence-corrected chi connectivity index (χ1v) is 12.7. The van der Waals surface area contributed by atoms with Crippen molar-refractivity contribution in [2.45, 2.75) is 98.6 Å². The molecule has 0 spiro atoms. The van der Waals surface area contributed by atoms with Crippen LogP contribution in [-0.2, 0) is 11.3 Å². The molecule has 0 bridgehead atoms. The van der Waals surface area contributed by atoms with Crippen molar-refractivity contribution in [3.63, 3.8) is 0 Å². The second-order valence-corrected chi connectivity index (χ2v) is 11.6. The topological polar surface area (TPSA) is 55.1 Å². The summed E-state index contributed by atoms with van der Waals surface area (Å²) < 4.78 is 2.05. The molecule has 4 nitrogen and oxygen atoms in total. The summed E-state index contributed by atoms with van der Waals surface area (Å²) in [7, 11) is 0. The molecule has 4 aliphatic rings. The van der Waals surface area contributed by atoms with Crippen LogP contribution in [0.25, 0.3) is 6.08 Å². The molecule has 31 heavy (non-hydrogen) atoms. The number of carbonyl (C=O) groups is 1. The Labute approximate surface area is 187 Å². The average Bonchev–Trinajstić information content (AvgIpc) is 3.16. The Bertz CT molecular complexity index is 930. The quantitative estimate of drug-likeness (QED) is 0.639. The highest BCUT2D eigenvalue weighted by Gasteiger charge is 2.61. The molecule has 0 aliphatic heterocycles. The summed E-state index contributed by atoms with van der Waals surface area (Å²) in [5.41, 5.74) is 4.57. The molecular formula is C27H40N2O2. The first kappa shape index (κ1) is 21.4. The van der Waals surface area contributed by atoms with Crippen molar-refractivity contribution in [1.82, 2.24) is 9.78 Å². The lowest BCUT2D eigenvalue weighted by atomic mass is 9.45. The standard InChI is InChI=1S/C27H40N2O2/c1-6-29-17(3)22(16(2)28-29)13-18-14-24-21-8-7-19-15-20(30)9-11-26(19,4)23(21)10-12-27(24,5)25(18)31/h13,19-21,23-24,30H,6-12,14-15H2,1-5H3/b18-13+/t19-,20+,21-,23+,24+,26+,27+/m1/s1. The van der Waals surface area contributed by atoms with Crippen molar-refractivity contribution in [2.24, 2.45) is 34.5 Å². The third kappa shape index (κ3) is 3.03. The monoisotopic (exact) mass is 424 g/mol. The van der Waals surface area contributed by atoms with Crippen LogP contribution in [0, 0.1) is 48.3 Å². The maximum Gasteiger partial charge on any atom is 0.165 e. The number of hydrogen-bond acceptors (Lipinski definition) is 3. The van der Waals surface area contributed by atoms with Gasteiger partial charge in [-0.3, -0.25) is 9.48 Å². The van der Waals surface area contributed by atoms with Gasteiger partial charge in [-0.1, -0.05) is 13.8 Å². The molecule has 0 saturated heterocycles. The van der Waals surface area contributed by atoms with Gasteiger partial charge in [-0.25, -0.2) is 0 Å². The summed E-state index contributed by atoms with van der Waals surface area (Å²) >= 11 is 0. The average molecular weight is 425 g/mol. The predicted octanol–water partition coefficient (Wildman–Crippen LogP) is 5.49. The number of aliphatic hydroxyl groups is 1. The first-order valence-electron chi connectivity index (χ1n) is 12.7. The molecule has 7 atom stereocenters. The third-order valence-electron chi connectivity index (χ3n) is 10.3. The zero-order chi connectivity index (χ0) is 22.1. The molecule has 1 aromatic heterocycles. The van der Waals surface area contributed by atoms with E-state index in [2.05, 4.69) is 45.8 Å². The number of allylic oxidation sites excluding steroid dienone is 1. The fraction of sp³-hybridized carbons (Fsp3) is 0.778. The van der Waals surface area contributed by atoms with Gasteiger partial charge in [0.2, 0.25) is 0 Å². The van der Waals surface area contributed by atoms with Gasteiger partial charge in [0.05, 0.1) is 11.8 Å². The maximum absolute atomic E-state index is 13.7. The number of Topliss-reactive ketones (excluding diaryl/α,β-unsaturated/α-hetero) is 1. The fourth-order valence-electron chi connectivity index (χ4n) is 8.44. The Hall–Kier alpha value is -1.42. The van der Waals surface area contributed by atoms with E-state index in [1.807, 2.05) is 4.68 Å². The summed E-state index contributed by atoms with van der Waals surface area (Å²) in [6.07, 6.45) is 10.8. The zero-order valence-electron chi connectivity index (χ0n) is 20.1. The van der Waals surface area contributed by atoms with Crippen molar-refractivity contribution < 1.29 is 9.90 Å². The van der Waals surface area contributed by atoms with E-state index in [9.17, 15) is 9.90 Å². The van der Waals surface area contributed by atoms with Gasteiger partial charge in [0.25, 0.3) is 0 Å². The van der Waals surface area contributed by atoms with Crippen LogP contribution in [0.15, 0.2) is 5.57 Å². The molecule has 0 unspecified atom stereocenters. The Morgan fingerprint density at radius 2 is 1.90 bits per heavy atom. The predicted molar refractivity (Wildman–Crippen MR) is 123 cm³/mol. The molecule has 0 amide bonds. The number of nitrogens with zero attached hydrogens (tertiary/aromatic N) is 2. The van der Waals surface area contributed by atoms with E-state index in [-0.39, 0.29) is 11.5 Å². The van der Waals surface area contributed by atoms with Gasteiger partial charge in [0.1, 0.15) is 0 Å². The van der Waals surface area contributed by atoms with Crippen LogP contribution in [0.3, 0.4) is 0 Å². The number of rotatable bonds is 2. The van der Waals surface area contributed by atoms with Gasteiger partial charge in [0.15, 0.2) is 5.78 Å². The van der Waals surface area contributed by atoms with Crippen LogP contribution in [0.2, 0.25) is 0 Å². The Morgan fingerprint density at radius 1 is 1.13 bits per heavy atom. The Balaban J connectivity index is 1.46. The van der Waals surface area contributed by atoms with Crippen LogP contribution >= 0.6 is 0 Å². The maximum atomic E-state index is 13.7. The van der Waals surface area contributed by atoms with Crippen LogP contribution in [0.1, 0.15) is 89.1 Å². The van der Waals surface area contributed by atoms with Crippen LogP contribution in [0.4, 0.5) is 0 Å². The van der Waals surface area contributed by atoms with E-state index in [1.165, 1.54) is 25.0 Å². The lowest BCUT2D eigenvalue weighted by Crippen LogP contribution is -2.54. The van der Waals surface area contributed by atoms with E-state index in [1.54, 1.807) is 0 Å². The largest absolute Gasteiger partial charge is 0.393 e. The SMILES string of the molecule is CCn1nc(C)c(/C=C2\C[C@H]3[C@@H]4CC[C@@H]5C[C@@H](O)CC[C@]5(C)[C@H]4CC[C@]3(C)C2=O)c1C. The van der Waals surface area contributed by atoms with Gasteiger partial charge in [-0.05, 0) is 113 Å². The lowest BCUT2D eigenvalue weighted by molar-refractivity contribution is -0.141. The number of hydrogen-bond donors (Lipinski definition) is 1. The number of carbonyl (C=O) groups excluding carboxylic acids is 1. The summed E-state index contributed by atoms with van der Waals surface area (Å²) in [6.45, 7) is 12.0. The highest BCUT2D eigenvalue weighted by molar-refractivity contribution is 6.06. The molecule has 4 aliphatic carbocycles. The fourth-order valence-corrected chi connectivity index (χ4v) is 8.44. The molecule has 4 fully saturated rings. The lowest BCUT2D eigenvalue weighted by Gasteiger charge is -2.59. The van der Waals surface area contributed by atoms with Crippen LogP contribution in [-0.4, -0.2) is 26.8 Å². The van der Waals surface area contributed by atoms with E-state index >= 15 is 0 Å². The van der Waals surface area contributed by atoms with Crippen molar-refractivity contribution in [1.29, 1.82) is 0 Å². The summed E-state index contributed by atoms with van der Waals surface area (Å²) in [5, 5.41) is 14.9. The summed E-state index contributed by atoms with van der Waals surface area (Å²) in [4.78, 5) is 13.7. The second kappa shape index (κ2) is 7.30. The molecular weight excluding hydrogens is 384 g/mol. The van der Waals surface area contributed by atoms with Crippen molar-refractivity contribution in [3.8, 4) is 0 Å². The third-order valence-corrected chi connectivity index (χ3v) is 10.3. The van der Waals surface area contributed by atoms with Gasteiger partial charge < -0.3 is 5.11 Å². The molecule has 4 saturated carbocycles.